The average Bonchev–Trinajstić information content (AvgIpc) is 3.00. The van der Waals surface area contributed by atoms with E-state index in [2.05, 4.69) is 0 Å². The van der Waals surface area contributed by atoms with E-state index < -0.39 is 16.1 Å². The lowest BCUT2D eigenvalue weighted by molar-refractivity contribution is -0.387. The lowest BCUT2D eigenvalue weighted by Crippen LogP contribution is -2.46. The first kappa shape index (κ1) is 22.3. The van der Waals surface area contributed by atoms with Crippen LogP contribution in [0.2, 0.25) is 0 Å². The Hall–Kier alpha value is -2.41. The summed E-state index contributed by atoms with van der Waals surface area (Å²) in [5, 5.41) is 19.7. The van der Waals surface area contributed by atoms with Crippen LogP contribution in [0.4, 0.5) is 10.5 Å². The lowest BCUT2D eigenvalue weighted by atomic mass is 10.2. The number of benzene rings is 1. The molecule has 2 fully saturated rings. The quantitative estimate of drug-likeness (QED) is 0.283. The molecule has 12 heteroatoms. The van der Waals surface area contributed by atoms with Gasteiger partial charge in [0.1, 0.15) is 6.54 Å². The summed E-state index contributed by atoms with van der Waals surface area (Å²) in [6.07, 6.45) is 1.40. The van der Waals surface area contributed by atoms with Crippen molar-refractivity contribution in [3.63, 3.8) is 0 Å². The third-order valence-electron chi connectivity index (χ3n) is 4.36. The van der Waals surface area contributed by atoms with Gasteiger partial charge in [-0.15, -0.1) is 11.8 Å². The number of carbonyl (C=O) groups is 3. The molecule has 30 heavy (non-hydrogen) atoms. The second kappa shape index (κ2) is 10.1. The van der Waals surface area contributed by atoms with Crippen molar-refractivity contribution >= 4 is 52.3 Å². The van der Waals surface area contributed by atoms with E-state index in [1.165, 1.54) is 18.2 Å². The summed E-state index contributed by atoms with van der Waals surface area (Å²) in [4.78, 5) is 50.9. The Labute approximate surface area is 180 Å². The fourth-order valence-corrected chi connectivity index (χ4v) is 4.48. The number of nitro groups is 1. The number of nitrogens with zero attached hydrogens (tertiary/aromatic N) is 3. The van der Waals surface area contributed by atoms with Crippen molar-refractivity contribution in [3.05, 3.63) is 38.8 Å². The van der Waals surface area contributed by atoms with Gasteiger partial charge < -0.3 is 14.7 Å². The lowest BCUT2D eigenvalue weighted by Gasteiger charge is -2.28. The van der Waals surface area contributed by atoms with Crippen LogP contribution < -0.4 is 0 Å². The Morgan fingerprint density at radius 3 is 2.73 bits per heavy atom. The van der Waals surface area contributed by atoms with Gasteiger partial charge in [-0.1, -0.05) is 6.07 Å². The summed E-state index contributed by atoms with van der Waals surface area (Å²) in [5.41, 5.74) is 0.240. The number of morpholine rings is 1. The van der Waals surface area contributed by atoms with Crippen LogP contribution in [0.25, 0.3) is 6.08 Å². The zero-order chi connectivity index (χ0) is 21.7. The second-order valence-electron chi connectivity index (χ2n) is 6.32. The van der Waals surface area contributed by atoms with Crippen molar-refractivity contribution in [2.45, 2.75) is 4.90 Å². The monoisotopic (exact) mass is 453 g/mol. The molecule has 0 atom stereocenters. The number of thioether (sulfide) groups is 2. The van der Waals surface area contributed by atoms with Crippen molar-refractivity contribution in [1.82, 2.24) is 9.80 Å². The molecule has 0 spiro atoms. The standard InChI is InChI=1S/C18H19N3O7S2/c22-5-8-29-14-2-1-12(9-13(14)21(26)27)10-15-17(24)20(18(25)30-15)11-16(23)19-3-6-28-7-4-19/h1-2,9-10,22H,3-8,11H2/b15-10-. The van der Waals surface area contributed by atoms with E-state index in [1.807, 2.05) is 0 Å². The largest absolute Gasteiger partial charge is 0.396 e. The molecule has 2 saturated heterocycles. The van der Waals surface area contributed by atoms with Gasteiger partial charge in [-0.25, -0.2) is 0 Å². The highest BCUT2D eigenvalue weighted by Crippen LogP contribution is 2.34. The van der Waals surface area contributed by atoms with Crippen LogP contribution >= 0.6 is 23.5 Å². The first-order valence-electron chi connectivity index (χ1n) is 9.03. The summed E-state index contributed by atoms with van der Waals surface area (Å²) in [5.74, 6) is -0.619. The Morgan fingerprint density at radius 2 is 2.07 bits per heavy atom. The van der Waals surface area contributed by atoms with Crippen LogP contribution in [0, 0.1) is 10.1 Å². The molecule has 0 bridgehead atoms. The van der Waals surface area contributed by atoms with E-state index in [9.17, 15) is 24.5 Å². The van der Waals surface area contributed by atoms with Gasteiger partial charge in [0.15, 0.2) is 0 Å². The van der Waals surface area contributed by atoms with Gasteiger partial charge >= 0.3 is 0 Å². The third-order valence-corrected chi connectivity index (χ3v) is 6.31. The molecular weight excluding hydrogens is 434 g/mol. The highest BCUT2D eigenvalue weighted by molar-refractivity contribution is 8.18. The van der Waals surface area contributed by atoms with Crippen LogP contribution in [-0.4, -0.2) is 82.1 Å². The molecule has 1 aromatic carbocycles. The zero-order valence-corrected chi connectivity index (χ0v) is 17.4. The predicted molar refractivity (Wildman–Crippen MR) is 111 cm³/mol. The molecular formula is C18H19N3O7S2. The minimum atomic E-state index is -0.604. The number of aliphatic hydroxyl groups is 1. The number of hydrogen-bond acceptors (Lipinski definition) is 9. The van der Waals surface area contributed by atoms with Crippen molar-refractivity contribution in [2.24, 2.45) is 0 Å². The summed E-state index contributed by atoms with van der Waals surface area (Å²) < 4.78 is 5.19. The van der Waals surface area contributed by atoms with Crippen LogP contribution in [-0.2, 0) is 14.3 Å². The topological polar surface area (TPSA) is 130 Å². The molecule has 1 N–H and O–H groups in total. The molecule has 2 aliphatic heterocycles. The van der Waals surface area contributed by atoms with Crippen LogP contribution in [0.5, 0.6) is 0 Å². The van der Waals surface area contributed by atoms with Gasteiger partial charge in [0.25, 0.3) is 16.8 Å². The van der Waals surface area contributed by atoms with Crippen molar-refractivity contribution in [3.8, 4) is 0 Å². The van der Waals surface area contributed by atoms with Gasteiger partial charge in [0.05, 0.1) is 34.5 Å². The summed E-state index contributed by atoms with van der Waals surface area (Å²) >= 11 is 1.84. The predicted octanol–water partition coefficient (Wildman–Crippen LogP) is 1.57. The van der Waals surface area contributed by atoms with Gasteiger partial charge in [-0.3, -0.25) is 29.4 Å². The maximum atomic E-state index is 12.6. The van der Waals surface area contributed by atoms with E-state index in [4.69, 9.17) is 9.84 Å². The molecule has 3 amide bonds. The average molecular weight is 453 g/mol. The number of nitro benzene ring substituents is 1. The normalized spacial score (nSPS) is 18.4. The Balaban J connectivity index is 1.75. The molecule has 0 unspecified atom stereocenters. The zero-order valence-electron chi connectivity index (χ0n) is 15.8. The first-order valence-corrected chi connectivity index (χ1v) is 10.8. The van der Waals surface area contributed by atoms with Crippen LogP contribution in [0.15, 0.2) is 28.0 Å². The number of hydrogen-bond donors (Lipinski definition) is 1. The maximum Gasteiger partial charge on any atom is 0.294 e. The smallest absolute Gasteiger partial charge is 0.294 e. The minimum Gasteiger partial charge on any atom is -0.396 e. The third kappa shape index (κ3) is 5.19. The molecule has 1 aromatic rings. The summed E-state index contributed by atoms with van der Waals surface area (Å²) in [6, 6.07) is 4.45. The van der Waals surface area contributed by atoms with E-state index >= 15 is 0 Å². The number of amides is 3. The van der Waals surface area contributed by atoms with Gasteiger partial charge in [0, 0.05) is 24.9 Å². The molecule has 10 nitrogen and oxygen atoms in total. The Bertz CT molecular complexity index is 900. The van der Waals surface area contributed by atoms with Gasteiger partial charge in [-0.05, 0) is 29.5 Å². The molecule has 160 valence electrons. The van der Waals surface area contributed by atoms with E-state index in [0.717, 1.165) is 16.7 Å². The summed E-state index contributed by atoms with van der Waals surface area (Å²) in [7, 11) is 0. The van der Waals surface area contributed by atoms with Crippen molar-refractivity contribution in [1.29, 1.82) is 0 Å². The molecule has 2 heterocycles. The Kier molecular flexibility index (Phi) is 7.48. The minimum absolute atomic E-state index is 0.0971. The summed E-state index contributed by atoms with van der Waals surface area (Å²) in [6.45, 7) is 1.20. The number of rotatable bonds is 7. The molecule has 0 aromatic heterocycles. The molecule has 0 aliphatic carbocycles. The number of carbonyl (C=O) groups excluding carboxylic acids is 3. The maximum absolute atomic E-state index is 12.6. The van der Waals surface area contributed by atoms with Crippen molar-refractivity contribution < 1.29 is 29.2 Å². The van der Waals surface area contributed by atoms with Gasteiger partial charge in [-0.2, -0.15) is 0 Å². The molecule has 2 aliphatic rings. The fraction of sp³-hybridized carbons (Fsp3) is 0.389. The second-order valence-corrected chi connectivity index (χ2v) is 8.45. The number of ether oxygens (including phenoxy) is 1. The highest BCUT2D eigenvalue weighted by atomic mass is 32.2. The van der Waals surface area contributed by atoms with E-state index in [1.54, 1.807) is 11.0 Å². The fourth-order valence-electron chi connectivity index (χ4n) is 2.88. The van der Waals surface area contributed by atoms with E-state index in [0.29, 0.717) is 54.3 Å². The molecule has 0 saturated carbocycles. The molecule has 0 radical (unpaired) electrons. The first-order chi connectivity index (χ1) is 14.4. The van der Waals surface area contributed by atoms with Crippen LogP contribution in [0.1, 0.15) is 5.56 Å². The van der Waals surface area contributed by atoms with E-state index in [-0.39, 0.29) is 29.7 Å². The van der Waals surface area contributed by atoms with Gasteiger partial charge in [0.2, 0.25) is 5.91 Å². The van der Waals surface area contributed by atoms with Crippen LogP contribution in [0.3, 0.4) is 0 Å². The van der Waals surface area contributed by atoms with Crippen molar-refractivity contribution in [2.75, 3.05) is 45.2 Å². The number of aliphatic hydroxyl groups excluding tert-OH is 1. The molecule has 3 rings (SSSR count). The highest BCUT2D eigenvalue weighted by Gasteiger charge is 2.37. The number of imide groups is 1. The SMILES string of the molecule is O=C(CN1C(=O)S/C(=C\c2ccc(SCCO)c([N+](=O)[O-])c2)C1=O)N1CCOCC1. The Morgan fingerprint density at radius 1 is 1.33 bits per heavy atom.